The number of rotatable bonds is 2. The molecule has 2 aromatic rings. The van der Waals surface area contributed by atoms with E-state index in [0.717, 1.165) is 0 Å². The minimum atomic E-state index is -0.522. The lowest BCUT2D eigenvalue weighted by Crippen LogP contribution is -2.36. The summed E-state index contributed by atoms with van der Waals surface area (Å²) < 4.78 is 0.484. The maximum absolute atomic E-state index is 11.7. The smallest absolute Gasteiger partial charge is 0.321 e. The Morgan fingerprint density at radius 1 is 1.24 bits per heavy atom. The van der Waals surface area contributed by atoms with E-state index in [0.29, 0.717) is 10.4 Å². The van der Waals surface area contributed by atoms with Gasteiger partial charge in [-0.2, -0.15) is 4.73 Å². The van der Waals surface area contributed by atoms with Crippen molar-refractivity contribution in [2.75, 3.05) is 5.32 Å². The second-order valence-electron chi connectivity index (χ2n) is 3.42. The molecule has 0 bridgehead atoms. The molecular formula is C12H10N2O3. The van der Waals surface area contributed by atoms with Gasteiger partial charge in [0.25, 0.3) is 5.69 Å². The van der Waals surface area contributed by atoms with Crippen molar-refractivity contribution in [3.05, 3.63) is 59.6 Å². The summed E-state index contributed by atoms with van der Waals surface area (Å²) in [5, 5.41) is 23.1. The fourth-order valence-electron chi connectivity index (χ4n) is 1.38. The molecule has 0 aliphatic rings. The Hall–Kier alpha value is -2.56. The zero-order valence-electron chi connectivity index (χ0n) is 8.83. The van der Waals surface area contributed by atoms with Gasteiger partial charge in [0, 0.05) is 23.9 Å². The van der Waals surface area contributed by atoms with Gasteiger partial charge in [0.05, 0.1) is 0 Å². The Morgan fingerprint density at radius 2 is 2.06 bits per heavy atom. The summed E-state index contributed by atoms with van der Waals surface area (Å²) in [5.41, 5.74) is 0.426. The number of aromatic hydroxyl groups is 1. The molecule has 1 amide bonds. The summed E-state index contributed by atoms with van der Waals surface area (Å²) in [6, 6.07) is 10.7. The molecule has 0 saturated heterocycles. The first-order valence-electron chi connectivity index (χ1n) is 4.95. The van der Waals surface area contributed by atoms with Crippen LogP contribution in [0.3, 0.4) is 0 Å². The highest BCUT2D eigenvalue weighted by Gasteiger charge is 2.14. The number of hydrogen-bond acceptors (Lipinski definition) is 3. The van der Waals surface area contributed by atoms with Gasteiger partial charge in [-0.1, -0.05) is 6.07 Å². The lowest BCUT2D eigenvalue weighted by Gasteiger charge is -2.05. The Bertz CT molecular complexity index is 555. The summed E-state index contributed by atoms with van der Waals surface area (Å²) in [6.45, 7) is 0. The van der Waals surface area contributed by atoms with Gasteiger partial charge in [0.2, 0.25) is 0 Å². The molecule has 0 atom stereocenters. The highest BCUT2D eigenvalue weighted by Crippen LogP contribution is 2.15. The molecule has 2 N–H and O–H groups in total. The van der Waals surface area contributed by atoms with Crippen molar-refractivity contribution in [1.29, 1.82) is 0 Å². The van der Waals surface area contributed by atoms with Crippen LogP contribution in [-0.2, 0) is 0 Å². The highest BCUT2D eigenvalue weighted by molar-refractivity contribution is 6.01. The first kappa shape index (κ1) is 10.9. The van der Waals surface area contributed by atoms with Crippen LogP contribution in [0.1, 0.15) is 10.5 Å². The van der Waals surface area contributed by atoms with E-state index in [-0.39, 0.29) is 11.4 Å². The molecule has 2 rings (SSSR count). The van der Waals surface area contributed by atoms with Gasteiger partial charge in [0.1, 0.15) is 5.75 Å². The molecule has 5 heteroatoms. The Kier molecular flexibility index (Phi) is 2.91. The molecule has 0 radical (unpaired) electrons. The highest BCUT2D eigenvalue weighted by atomic mass is 16.5. The average Bonchev–Trinajstić information content (AvgIpc) is 2.29. The van der Waals surface area contributed by atoms with Crippen molar-refractivity contribution >= 4 is 11.6 Å². The van der Waals surface area contributed by atoms with Crippen LogP contribution in [0.4, 0.5) is 5.69 Å². The average molecular weight is 230 g/mol. The van der Waals surface area contributed by atoms with Crippen LogP contribution in [0.25, 0.3) is 0 Å². The number of nitrogens with zero attached hydrogens (tertiary/aromatic N) is 1. The van der Waals surface area contributed by atoms with Crippen LogP contribution < -0.4 is 10.0 Å². The number of phenolic OH excluding ortho intramolecular Hbond substituents is 1. The number of carbonyl (C=O) groups excluding carboxylic acids is 1. The van der Waals surface area contributed by atoms with Gasteiger partial charge in [0.15, 0.2) is 6.20 Å². The number of anilines is 1. The quantitative estimate of drug-likeness (QED) is 0.602. The van der Waals surface area contributed by atoms with E-state index >= 15 is 0 Å². The number of hydrogen-bond donors (Lipinski definition) is 2. The standard InChI is InChI=1S/C12H10N2O3/c15-10-5-3-4-9(8-10)13-12(16)11-6-1-2-7-14(11)17/h1-8,15H,(H,13,16). The fraction of sp³-hybridized carbons (Fsp3) is 0. The van der Waals surface area contributed by atoms with Crippen LogP contribution in [0.2, 0.25) is 0 Å². The van der Waals surface area contributed by atoms with Crippen LogP contribution in [0.15, 0.2) is 48.7 Å². The number of carbonyl (C=O) groups is 1. The second-order valence-corrected chi connectivity index (χ2v) is 3.42. The lowest BCUT2D eigenvalue weighted by molar-refractivity contribution is -0.607. The topological polar surface area (TPSA) is 76.3 Å². The monoisotopic (exact) mass is 230 g/mol. The third kappa shape index (κ3) is 2.52. The van der Waals surface area contributed by atoms with Gasteiger partial charge in [-0.15, -0.1) is 0 Å². The van der Waals surface area contributed by atoms with E-state index in [9.17, 15) is 15.1 Å². The van der Waals surface area contributed by atoms with E-state index in [4.69, 9.17) is 0 Å². The number of nitrogens with one attached hydrogen (secondary N) is 1. The molecule has 5 nitrogen and oxygen atoms in total. The van der Waals surface area contributed by atoms with E-state index in [1.165, 1.54) is 30.5 Å². The molecule has 0 unspecified atom stereocenters. The third-order valence-electron chi connectivity index (χ3n) is 2.16. The first-order chi connectivity index (χ1) is 8.16. The predicted molar refractivity (Wildman–Crippen MR) is 61.5 cm³/mol. The van der Waals surface area contributed by atoms with Crippen LogP contribution in [-0.4, -0.2) is 11.0 Å². The van der Waals surface area contributed by atoms with Crippen molar-refractivity contribution in [3.63, 3.8) is 0 Å². The Balaban J connectivity index is 2.20. The predicted octanol–water partition coefficient (Wildman–Crippen LogP) is 1.28. The molecule has 0 aliphatic carbocycles. The lowest BCUT2D eigenvalue weighted by atomic mass is 10.3. The number of phenols is 1. The maximum atomic E-state index is 11.7. The zero-order chi connectivity index (χ0) is 12.3. The minimum absolute atomic E-state index is 0.00385. The van der Waals surface area contributed by atoms with Gasteiger partial charge >= 0.3 is 5.91 Å². The molecule has 86 valence electrons. The van der Waals surface area contributed by atoms with E-state index in [2.05, 4.69) is 5.32 Å². The molecular weight excluding hydrogens is 220 g/mol. The van der Waals surface area contributed by atoms with E-state index in [1.807, 2.05) is 0 Å². The van der Waals surface area contributed by atoms with Crippen molar-refractivity contribution in [1.82, 2.24) is 0 Å². The van der Waals surface area contributed by atoms with Crippen molar-refractivity contribution in [2.24, 2.45) is 0 Å². The third-order valence-corrected chi connectivity index (χ3v) is 2.16. The SMILES string of the molecule is O=C(Nc1cccc(O)c1)c1cccc[n+]1[O-]. The maximum Gasteiger partial charge on any atom is 0.321 e. The Morgan fingerprint density at radius 3 is 2.76 bits per heavy atom. The number of pyridine rings is 1. The van der Waals surface area contributed by atoms with E-state index < -0.39 is 5.91 Å². The van der Waals surface area contributed by atoms with Gasteiger partial charge in [-0.25, -0.2) is 0 Å². The van der Waals surface area contributed by atoms with Gasteiger partial charge < -0.3 is 15.6 Å². The molecule has 0 aliphatic heterocycles. The fourth-order valence-corrected chi connectivity index (χ4v) is 1.38. The second kappa shape index (κ2) is 4.52. The van der Waals surface area contributed by atoms with Crippen LogP contribution >= 0.6 is 0 Å². The molecule has 1 aromatic heterocycles. The number of amides is 1. The molecule has 0 spiro atoms. The van der Waals surface area contributed by atoms with Crippen molar-refractivity contribution in [3.8, 4) is 5.75 Å². The molecule has 0 fully saturated rings. The van der Waals surface area contributed by atoms with Crippen molar-refractivity contribution in [2.45, 2.75) is 0 Å². The van der Waals surface area contributed by atoms with Crippen LogP contribution in [0, 0.1) is 5.21 Å². The number of aromatic nitrogens is 1. The minimum Gasteiger partial charge on any atom is -0.618 e. The summed E-state index contributed by atoms with van der Waals surface area (Å²) in [6.07, 6.45) is 1.25. The largest absolute Gasteiger partial charge is 0.618 e. The Labute approximate surface area is 97.5 Å². The zero-order valence-corrected chi connectivity index (χ0v) is 8.83. The summed E-state index contributed by atoms with van der Waals surface area (Å²) in [7, 11) is 0. The molecule has 1 heterocycles. The molecule has 1 aromatic carbocycles. The van der Waals surface area contributed by atoms with Gasteiger partial charge in [-0.05, 0) is 18.2 Å². The summed E-state index contributed by atoms with van der Waals surface area (Å²) >= 11 is 0. The van der Waals surface area contributed by atoms with Crippen LogP contribution in [0.5, 0.6) is 5.75 Å². The summed E-state index contributed by atoms with van der Waals surface area (Å²) in [5.74, 6) is -0.475. The molecule has 0 saturated carbocycles. The first-order valence-corrected chi connectivity index (χ1v) is 4.95. The summed E-state index contributed by atoms with van der Waals surface area (Å²) in [4.78, 5) is 11.7. The van der Waals surface area contributed by atoms with Gasteiger partial charge in [-0.3, -0.25) is 4.79 Å². The molecule has 17 heavy (non-hydrogen) atoms. The van der Waals surface area contributed by atoms with E-state index in [1.54, 1.807) is 18.2 Å². The number of benzene rings is 1. The normalized spacial score (nSPS) is 9.88. The van der Waals surface area contributed by atoms with Crippen molar-refractivity contribution < 1.29 is 14.6 Å².